The van der Waals surface area contributed by atoms with E-state index in [9.17, 15) is 0 Å². The Morgan fingerprint density at radius 2 is 0.857 bits per heavy atom. The maximum atomic E-state index is 5.25. The van der Waals surface area contributed by atoms with E-state index in [1.807, 2.05) is 47.7 Å². The summed E-state index contributed by atoms with van der Waals surface area (Å²) < 4.78 is 5.08. The van der Waals surface area contributed by atoms with Crippen molar-refractivity contribution in [2.75, 3.05) is 0 Å². The van der Waals surface area contributed by atoms with Gasteiger partial charge < -0.3 is 4.57 Å². The third kappa shape index (κ3) is 4.62. The number of rotatable bonds is 4. The molecule has 56 heavy (non-hydrogen) atoms. The third-order valence-electron chi connectivity index (χ3n) is 11.2. The van der Waals surface area contributed by atoms with Gasteiger partial charge in [0.05, 0.1) is 16.7 Å². The molecule has 0 saturated heterocycles. The van der Waals surface area contributed by atoms with Crippen molar-refractivity contribution in [3.05, 3.63) is 182 Å². The SMILES string of the molecule is c1ccc(-c2nc(-c3ccccc3)nc(-c3cc(-n4c5ccccc5c5ccc6sc7ccccc7c6c54)c4c5ccccc5c5ccccc5c4c3)n2)cc1. The highest BCUT2D eigenvalue weighted by atomic mass is 32.1. The summed E-state index contributed by atoms with van der Waals surface area (Å²) in [6, 6.07) is 64.9. The van der Waals surface area contributed by atoms with Gasteiger partial charge in [0.1, 0.15) is 0 Å². The summed E-state index contributed by atoms with van der Waals surface area (Å²) in [5.41, 5.74) is 6.28. The minimum absolute atomic E-state index is 0.630. The Morgan fingerprint density at radius 1 is 0.339 bits per heavy atom. The second-order valence-electron chi connectivity index (χ2n) is 14.3. The molecule has 0 atom stereocenters. The molecule has 0 aliphatic heterocycles. The first-order chi connectivity index (χ1) is 27.8. The molecule has 0 amide bonds. The van der Waals surface area contributed by atoms with Crippen LogP contribution in [-0.4, -0.2) is 19.5 Å². The molecule has 5 heteroatoms. The largest absolute Gasteiger partial charge is 0.308 e. The summed E-state index contributed by atoms with van der Waals surface area (Å²) in [4.78, 5) is 15.5. The molecule has 260 valence electrons. The van der Waals surface area contributed by atoms with Gasteiger partial charge in [0.15, 0.2) is 17.5 Å². The first-order valence-corrected chi connectivity index (χ1v) is 19.7. The van der Waals surface area contributed by atoms with Crippen molar-refractivity contribution in [1.82, 2.24) is 19.5 Å². The Morgan fingerprint density at radius 3 is 1.54 bits per heavy atom. The van der Waals surface area contributed by atoms with Crippen molar-refractivity contribution < 1.29 is 0 Å². The van der Waals surface area contributed by atoms with E-state index in [4.69, 9.17) is 15.0 Å². The standard InChI is InChI=1S/C51H30N4S/c1-3-15-31(16-4-1)49-52-50(32-17-5-2-6-18-32)54-51(53-49)33-29-41-36-21-8-7-19-34(36)35-20-9-10-23-38(35)46(41)43(30-33)55-42-25-13-11-22-37(42)39-27-28-45-47(48(39)55)40-24-12-14-26-44(40)56-45/h1-30H. The number of hydrogen-bond donors (Lipinski definition) is 0. The van der Waals surface area contributed by atoms with Crippen LogP contribution in [0, 0.1) is 0 Å². The highest BCUT2D eigenvalue weighted by molar-refractivity contribution is 7.26. The number of hydrogen-bond acceptors (Lipinski definition) is 4. The lowest BCUT2D eigenvalue weighted by molar-refractivity contribution is 1.07. The van der Waals surface area contributed by atoms with Gasteiger partial charge in [-0.1, -0.05) is 152 Å². The summed E-state index contributed by atoms with van der Waals surface area (Å²) in [6.45, 7) is 0. The van der Waals surface area contributed by atoms with Gasteiger partial charge in [-0.25, -0.2) is 15.0 Å². The van der Waals surface area contributed by atoms with Crippen LogP contribution in [0.25, 0.3) is 114 Å². The van der Waals surface area contributed by atoms with Crippen LogP contribution in [0.3, 0.4) is 0 Å². The Bertz CT molecular complexity index is 3470. The lowest BCUT2D eigenvalue weighted by Gasteiger charge is -2.19. The zero-order valence-corrected chi connectivity index (χ0v) is 30.8. The molecule has 4 nitrogen and oxygen atoms in total. The van der Waals surface area contributed by atoms with Gasteiger partial charge in [-0.05, 0) is 57.3 Å². The van der Waals surface area contributed by atoms with E-state index < -0.39 is 0 Å². The Hall–Kier alpha value is -7.21. The molecule has 0 spiro atoms. The van der Waals surface area contributed by atoms with Crippen LogP contribution in [-0.2, 0) is 0 Å². The monoisotopic (exact) mass is 730 g/mol. The topological polar surface area (TPSA) is 43.6 Å². The summed E-state index contributed by atoms with van der Waals surface area (Å²) >= 11 is 1.86. The second-order valence-corrected chi connectivity index (χ2v) is 15.4. The second kappa shape index (κ2) is 12.2. The average Bonchev–Trinajstić information content (AvgIpc) is 3.82. The molecule has 0 fully saturated rings. The number of benzene rings is 9. The minimum Gasteiger partial charge on any atom is -0.308 e. The molecule has 3 aromatic heterocycles. The lowest BCUT2D eigenvalue weighted by atomic mass is 9.91. The summed E-state index contributed by atoms with van der Waals surface area (Å²) in [6.07, 6.45) is 0. The van der Waals surface area contributed by atoms with Gasteiger partial charge in [0, 0.05) is 53.0 Å². The smallest absolute Gasteiger partial charge is 0.164 e. The molecule has 0 radical (unpaired) electrons. The van der Waals surface area contributed by atoms with E-state index in [2.05, 4.69) is 150 Å². The third-order valence-corrected chi connectivity index (χ3v) is 12.3. The molecule has 12 aromatic rings. The fourth-order valence-electron chi connectivity index (χ4n) is 8.77. The molecule has 12 rings (SSSR count). The minimum atomic E-state index is 0.630. The van der Waals surface area contributed by atoms with E-state index in [-0.39, 0.29) is 0 Å². The predicted molar refractivity (Wildman–Crippen MR) is 236 cm³/mol. The van der Waals surface area contributed by atoms with Crippen molar-refractivity contribution in [2.45, 2.75) is 0 Å². The van der Waals surface area contributed by atoms with Crippen molar-refractivity contribution in [3.8, 4) is 39.9 Å². The maximum absolute atomic E-state index is 5.25. The van der Waals surface area contributed by atoms with E-state index >= 15 is 0 Å². The van der Waals surface area contributed by atoms with Gasteiger partial charge in [0.25, 0.3) is 0 Å². The number of fused-ring (bicyclic) bond motifs is 13. The predicted octanol–water partition coefficient (Wildman–Crippen LogP) is 13.8. The first kappa shape index (κ1) is 31.2. The zero-order valence-electron chi connectivity index (χ0n) is 30.0. The van der Waals surface area contributed by atoms with Crippen molar-refractivity contribution in [1.29, 1.82) is 0 Å². The number of para-hydroxylation sites is 1. The molecule has 0 aliphatic carbocycles. The summed E-state index contributed by atoms with van der Waals surface area (Å²) in [5, 5.41) is 12.2. The van der Waals surface area contributed by atoms with E-state index in [1.165, 1.54) is 63.4 Å². The van der Waals surface area contributed by atoms with Crippen molar-refractivity contribution >= 4 is 85.6 Å². The number of nitrogens with zero attached hydrogens (tertiary/aromatic N) is 4. The fourth-order valence-corrected chi connectivity index (χ4v) is 9.88. The zero-order chi connectivity index (χ0) is 36.7. The maximum Gasteiger partial charge on any atom is 0.164 e. The van der Waals surface area contributed by atoms with Gasteiger partial charge in [-0.15, -0.1) is 11.3 Å². The van der Waals surface area contributed by atoms with Crippen LogP contribution in [0.5, 0.6) is 0 Å². The average molecular weight is 731 g/mol. The Kier molecular flexibility index (Phi) is 6.76. The van der Waals surface area contributed by atoms with Crippen LogP contribution in [0.1, 0.15) is 0 Å². The van der Waals surface area contributed by atoms with Crippen LogP contribution in [0.15, 0.2) is 182 Å². The molecule has 0 saturated carbocycles. The van der Waals surface area contributed by atoms with Crippen LogP contribution < -0.4 is 0 Å². The Labute approximate surface area is 325 Å². The molecule has 0 aliphatic rings. The van der Waals surface area contributed by atoms with E-state index in [1.54, 1.807) is 0 Å². The number of thiophene rings is 1. The van der Waals surface area contributed by atoms with E-state index in [0.717, 1.165) is 33.3 Å². The Balaban J connectivity index is 1.29. The van der Waals surface area contributed by atoms with Crippen molar-refractivity contribution in [2.24, 2.45) is 0 Å². The fraction of sp³-hybridized carbons (Fsp3) is 0. The highest BCUT2D eigenvalue weighted by Crippen LogP contribution is 2.46. The van der Waals surface area contributed by atoms with Crippen LogP contribution in [0.2, 0.25) is 0 Å². The van der Waals surface area contributed by atoms with Crippen LogP contribution >= 0.6 is 11.3 Å². The molecule has 0 unspecified atom stereocenters. The van der Waals surface area contributed by atoms with Gasteiger partial charge >= 0.3 is 0 Å². The highest BCUT2D eigenvalue weighted by Gasteiger charge is 2.23. The quantitative estimate of drug-likeness (QED) is 0.169. The molecular formula is C51H30N4S. The first-order valence-electron chi connectivity index (χ1n) is 18.9. The van der Waals surface area contributed by atoms with E-state index in [0.29, 0.717) is 17.5 Å². The number of aromatic nitrogens is 4. The van der Waals surface area contributed by atoms with Crippen LogP contribution in [0.4, 0.5) is 0 Å². The lowest BCUT2D eigenvalue weighted by Crippen LogP contribution is -2.02. The van der Waals surface area contributed by atoms with Gasteiger partial charge in [-0.2, -0.15) is 0 Å². The molecule has 9 aromatic carbocycles. The molecule has 0 N–H and O–H groups in total. The van der Waals surface area contributed by atoms with Crippen molar-refractivity contribution in [3.63, 3.8) is 0 Å². The summed E-state index contributed by atoms with van der Waals surface area (Å²) in [7, 11) is 0. The molecule has 3 heterocycles. The summed E-state index contributed by atoms with van der Waals surface area (Å²) in [5.74, 6) is 1.91. The van der Waals surface area contributed by atoms with Gasteiger partial charge in [0.2, 0.25) is 0 Å². The normalized spacial score (nSPS) is 11.9. The molecular weight excluding hydrogens is 701 g/mol. The molecule has 0 bridgehead atoms. The van der Waals surface area contributed by atoms with Gasteiger partial charge in [-0.3, -0.25) is 0 Å².